The lowest BCUT2D eigenvalue weighted by atomic mass is 10.00. The standard InChI is InChI=1S/C25H26ClN3OS/c1-15(12-18-4-7-20(26)8-5-18)25-27-22-13-19(24-16(2)28-30-17(24)3)6-9-23(22)29(25)21-10-11-31-14-21/h4-9,13,15,21H,10-12,14H2,1-3H3. The molecule has 1 fully saturated rings. The van der Waals surface area contributed by atoms with Gasteiger partial charge in [0, 0.05) is 28.3 Å². The quantitative estimate of drug-likeness (QED) is 0.328. The molecule has 0 saturated carbocycles. The highest BCUT2D eigenvalue weighted by atomic mass is 35.5. The predicted molar refractivity (Wildman–Crippen MR) is 129 cm³/mol. The van der Waals surface area contributed by atoms with E-state index in [2.05, 4.69) is 47.0 Å². The van der Waals surface area contributed by atoms with Crippen molar-refractivity contribution in [2.24, 2.45) is 0 Å². The Morgan fingerprint density at radius 1 is 1.19 bits per heavy atom. The summed E-state index contributed by atoms with van der Waals surface area (Å²) in [6.07, 6.45) is 2.14. The molecule has 2 aromatic carbocycles. The predicted octanol–water partition coefficient (Wildman–Crippen LogP) is 6.99. The van der Waals surface area contributed by atoms with Crippen molar-refractivity contribution in [2.75, 3.05) is 11.5 Å². The van der Waals surface area contributed by atoms with E-state index in [9.17, 15) is 0 Å². The summed E-state index contributed by atoms with van der Waals surface area (Å²) in [6, 6.07) is 15.3. The summed E-state index contributed by atoms with van der Waals surface area (Å²) in [5, 5.41) is 4.90. The molecule has 3 heterocycles. The van der Waals surface area contributed by atoms with Crippen molar-refractivity contribution in [3.05, 3.63) is 70.3 Å². The average Bonchev–Trinajstić information content (AvgIpc) is 3.48. The Bertz CT molecular complexity index is 1200. The third-order valence-corrected chi connectivity index (χ3v) is 7.60. The van der Waals surface area contributed by atoms with Crippen molar-refractivity contribution in [3.63, 3.8) is 0 Å². The summed E-state index contributed by atoms with van der Waals surface area (Å²) in [4.78, 5) is 5.18. The molecule has 0 spiro atoms. The molecule has 0 N–H and O–H groups in total. The Balaban J connectivity index is 1.58. The first-order valence-corrected chi connectivity index (χ1v) is 12.3. The zero-order chi connectivity index (χ0) is 21.5. The van der Waals surface area contributed by atoms with Gasteiger partial charge in [0.1, 0.15) is 11.6 Å². The normalized spacial score (nSPS) is 17.5. The van der Waals surface area contributed by atoms with Gasteiger partial charge in [0.25, 0.3) is 0 Å². The van der Waals surface area contributed by atoms with E-state index < -0.39 is 0 Å². The van der Waals surface area contributed by atoms with E-state index in [0.29, 0.717) is 12.0 Å². The van der Waals surface area contributed by atoms with Crippen LogP contribution in [-0.4, -0.2) is 26.2 Å². The van der Waals surface area contributed by atoms with E-state index in [-0.39, 0.29) is 0 Å². The van der Waals surface area contributed by atoms with Crippen molar-refractivity contribution in [3.8, 4) is 11.1 Å². The number of aromatic nitrogens is 3. The summed E-state index contributed by atoms with van der Waals surface area (Å²) in [5.74, 6) is 4.69. The fraction of sp³-hybridized carbons (Fsp3) is 0.360. The summed E-state index contributed by atoms with van der Waals surface area (Å²) in [5.41, 5.74) is 6.66. The van der Waals surface area contributed by atoms with E-state index in [0.717, 1.165) is 45.3 Å². The van der Waals surface area contributed by atoms with E-state index >= 15 is 0 Å². The maximum Gasteiger partial charge on any atom is 0.141 e. The number of imidazole rings is 1. The van der Waals surface area contributed by atoms with Crippen molar-refractivity contribution >= 4 is 34.4 Å². The van der Waals surface area contributed by atoms with Crippen LogP contribution in [0.3, 0.4) is 0 Å². The molecular formula is C25H26ClN3OS. The topological polar surface area (TPSA) is 43.9 Å². The molecule has 2 aromatic heterocycles. The van der Waals surface area contributed by atoms with Gasteiger partial charge in [-0.1, -0.05) is 41.9 Å². The highest BCUT2D eigenvalue weighted by Gasteiger charge is 2.26. The molecule has 5 rings (SSSR count). The molecule has 31 heavy (non-hydrogen) atoms. The fourth-order valence-electron chi connectivity index (χ4n) is 4.69. The van der Waals surface area contributed by atoms with Crippen LogP contribution in [0.25, 0.3) is 22.2 Å². The maximum absolute atomic E-state index is 6.08. The van der Waals surface area contributed by atoms with Crippen LogP contribution in [0.4, 0.5) is 0 Å². The molecule has 1 aliphatic rings. The van der Waals surface area contributed by atoms with Crippen LogP contribution in [0.5, 0.6) is 0 Å². The summed E-state index contributed by atoms with van der Waals surface area (Å²) in [6.45, 7) is 6.24. The summed E-state index contributed by atoms with van der Waals surface area (Å²) in [7, 11) is 0. The minimum Gasteiger partial charge on any atom is -0.361 e. The van der Waals surface area contributed by atoms with Crippen molar-refractivity contribution in [2.45, 2.75) is 45.6 Å². The Morgan fingerprint density at radius 3 is 2.68 bits per heavy atom. The van der Waals surface area contributed by atoms with Gasteiger partial charge in [0.2, 0.25) is 0 Å². The number of rotatable bonds is 5. The van der Waals surface area contributed by atoms with Crippen molar-refractivity contribution < 1.29 is 4.52 Å². The average molecular weight is 452 g/mol. The van der Waals surface area contributed by atoms with E-state index in [4.69, 9.17) is 21.1 Å². The van der Waals surface area contributed by atoms with Crippen LogP contribution >= 0.6 is 23.4 Å². The first kappa shape index (κ1) is 20.7. The van der Waals surface area contributed by atoms with Gasteiger partial charge in [-0.25, -0.2) is 4.98 Å². The highest BCUT2D eigenvalue weighted by molar-refractivity contribution is 7.99. The van der Waals surface area contributed by atoms with E-state index in [1.165, 1.54) is 29.1 Å². The molecule has 2 atom stereocenters. The number of nitrogens with zero attached hydrogens (tertiary/aromatic N) is 3. The third kappa shape index (κ3) is 3.90. The van der Waals surface area contributed by atoms with Crippen LogP contribution in [-0.2, 0) is 6.42 Å². The number of aryl methyl sites for hydroxylation is 2. The number of halogens is 1. The smallest absolute Gasteiger partial charge is 0.141 e. The third-order valence-electron chi connectivity index (χ3n) is 6.21. The lowest BCUT2D eigenvalue weighted by molar-refractivity contribution is 0.393. The molecular weight excluding hydrogens is 426 g/mol. The van der Waals surface area contributed by atoms with Gasteiger partial charge in [0.15, 0.2) is 0 Å². The van der Waals surface area contributed by atoms with E-state index in [1.54, 1.807) is 0 Å². The Labute approximate surface area is 192 Å². The number of thioether (sulfide) groups is 1. The second-order valence-corrected chi connectivity index (χ2v) is 10.1. The van der Waals surface area contributed by atoms with Crippen LogP contribution in [0, 0.1) is 13.8 Å². The largest absolute Gasteiger partial charge is 0.361 e. The van der Waals surface area contributed by atoms with E-state index in [1.807, 2.05) is 37.7 Å². The molecule has 4 aromatic rings. The SMILES string of the molecule is Cc1noc(C)c1-c1ccc2c(c1)nc(C(C)Cc1ccc(Cl)cc1)n2C1CCSC1. The first-order chi connectivity index (χ1) is 15.0. The minimum absolute atomic E-state index is 0.307. The van der Waals surface area contributed by atoms with Gasteiger partial charge in [-0.05, 0) is 67.8 Å². The van der Waals surface area contributed by atoms with Gasteiger partial charge < -0.3 is 9.09 Å². The zero-order valence-corrected chi connectivity index (χ0v) is 19.6. The maximum atomic E-state index is 6.08. The zero-order valence-electron chi connectivity index (χ0n) is 18.1. The van der Waals surface area contributed by atoms with Gasteiger partial charge in [-0.3, -0.25) is 0 Å². The van der Waals surface area contributed by atoms with Gasteiger partial charge >= 0.3 is 0 Å². The van der Waals surface area contributed by atoms with Gasteiger partial charge in [-0.2, -0.15) is 11.8 Å². The molecule has 1 aliphatic heterocycles. The molecule has 0 bridgehead atoms. The molecule has 1 saturated heterocycles. The number of fused-ring (bicyclic) bond motifs is 1. The first-order valence-electron chi connectivity index (χ1n) is 10.8. The van der Waals surface area contributed by atoms with Crippen molar-refractivity contribution in [1.29, 1.82) is 0 Å². The molecule has 0 radical (unpaired) electrons. The van der Waals surface area contributed by atoms with Crippen LogP contribution in [0.1, 0.15) is 48.1 Å². The molecule has 160 valence electrons. The van der Waals surface area contributed by atoms with Crippen LogP contribution < -0.4 is 0 Å². The second-order valence-electron chi connectivity index (χ2n) is 8.49. The molecule has 4 nitrogen and oxygen atoms in total. The van der Waals surface area contributed by atoms with Gasteiger partial charge in [-0.15, -0.1) is 0 Å². The van der Waals surface area contributed by atoms with Crippen molar-refractivity contribution in [1.82, 2.24) is 14.7 Å². The second kappa shape index (κ2) is 8.36. The Kier molecular flexibility index (Phi) is 5.57. The Morgan fingerprint density at radius 2 is 2.00 bits per heavy atom. The highest BCUT2D eigenvalue weighted by Crippen LogP contribution is 2.37. The molecule has 0 amide bonds. The Hall–Kier alpha value is -2.24. The molecule has 2 unspecified atom stereocenters. The fourth-order valence-corrected chi connectivity index (χ4v) is 6.01. The summed E-state index contributed by atoms with van der Waals surface area (Å²) >= 11 is 8.12. The molecule has 6 heteroatoms. The lowest BCUT2D eigenvalue weighted by Crippen LogP contribution is -2.15. The van der Waals surface area contributed by atoms with Crippen LogP contribution in [0.15, 0.2) is 47.0 Å². The monoisotopic (exact) mass is 451 g/mol. The summed E-state index contributed by atoms with van der Waals surface area (Å²) < 4.78 is 7.90. The van der Waals surface area contributed by atoms with Gasteiger partial charge in [0.05, 0.1) is 16.7 Å². The number of benzene rings is 2. The lowest BCUT2D eigenvalue weighted by Gasteiger charge is -2.20. The molecule has 0 aliphatic carbocycles. The number of hydrogen-bond donors (Lipinski definition) is 0. The number of hydrogen-bond acceptors (Lipinski definition) is 4. The van der Waals surface area contributed by atoms with Crippen LogP contribution in [0.2, 0.25) is 5.02 Å². The minimum atomic E-state index is 0.307.